The van der Waals surface area contributed by atoms with Crippen molar-refractivity contribution in [1.82, 2.24) is 0 Å². The largest absolute Gasteiger partial charge is 0.330 e. The molecule has 0 saturated carbocycles. The normalized spacial score (nSPS) is 13.9. The van der Waals surface area contributed by atoms with Crippen LogP contribution >= 0.6 is 0 Å². The molecule has 0 aliphatic heterocycles. The molecule has 0 aromatic heterocycles. The van der Waals surface area contributed by atoms with E-state index in [9.17, 15) is 8.78 Å². The van der Waals surface area contributed by atoms with Gasteiger partial charge < -0.3 is 5.73 Å². The van der Waals surface area contributed by atoms with Crippen LogP contribution in [0.2, 0.25) is 0 Å². The predicted molar refractivity (Wildman–Crippen MR) is 62.1 cm³/mol. The molecule has 1 nitrogen and oxygen atoms in total. The summed E-state index contributed by atoms with van der Waals surface area (Å²) in [4.78, 5) is 0. The second-order valence-electron chi connectivity index (χ2n) is 5.20. The van der Waals surface area contributed by atoms with Gasteiger partial charge in [-0.15, -0.1) is 0 Å². The Bertz CT molecular complexity index is 335. The summed E-state index contributed by atoms with van der Waals surface area (Å²) in [5, 5.41) is 0. The molecule has 0 heterocycles. The number of halogens is 2. The summed E-state index contributed by atoms with van der Waals surface area (Å²) in [6.45, 7) is 6.52. The van der Waals surface area contributed by atoms with Crippen LogP contribution in [-0.2, 0) is 6.42 Å². The minimum atomic E-state index is -0.484. The molecular formula is C13H19F2N. The van der Waals surface area contributed by atoms with E-state index >= 15 is 0 Å². The van der Waals surface area contributed by atoms with E-state index in [1.807, 2.05) is 20.8 Å². The van der Waals surface area contributed by atoms with Crippen LogP contribution in [0, 0.1) is 23.0 Å². The molecule has 0 aliphatic carbocycles. The fraction of sp³-hybridized carbons (Fsp3) is 0.538. The third-order valence-corrected chi connectivity index (χ3v) is 3.02. The molecule has 0 saturated heterocycles. The fourth-order valence-corrected chi connectivity index (χ4v) is 1.72. The van der Waals surface area contributed by atoms with Gasteiger partial charge in [-0.2, -0.15) is 0 Å². The molecule has 0 fully saturated rings. The molecule has 1 unspecified atom stereocenters. The summed E-state index contributed by atoms with van der Waals surface area (Å²) in [6.07, 6.45) is 0.346. The maximum absolute atomic E-state index is 13.5. The molecule has 1 rings (SSSR count). The first kappa shape index (κ1) is 13.1. The van der Waals surface area contributed by atoms with E-state index in [0.29, 0.717) is 13.0 Å². The van der Waals surface area contributed by atoms with Gasteiger partial charge in [0.25, 0.3) is 0 Å². The quantitative estimate of drug-likeness (QED) is 0.843. The average molecular weight is 227 g/mol. The first-order valence-corrected chi connectivity index (χ1v) is 5.49. The second kappa shape index (κ2) is 4.91. The highest BCUT2D eigenvalue weighted by atomic mass is 19.1. The van der Waals surface area contributed by atoms with Gasteiger partial charge in [-0.25, -0.2) is 8.78 Å². The maximum Gasteiger partial charge on any atom is 0.129 e. The Hall–Kier alpha value is -0.960. The minimum Gasteiger partial charge on any atom is -0.330 e. The van der Waals surface area contributed by atoms with Crippen LogP contribution < -0.4 is 5.73 Å². The van der Waals surface area contributed by atoms with Gasteiger partial charge in [-0.3, -0.25) is 0 Å². The molecule has 1 atom stereocenters. The van der Waals surface area contributed by atoms with Crippen LogP contribution in [0.1, 0.15) is 26.3 Å². The summed E-state index contributed by atoms with van der Waals surface area (Å²) >= 11 is 0. The third-order valence-electron chi connectivity index (χ3n) is 3.02. The summed E-state index contributed by atoms with van der Waals surface area (Å²) in [7, 11) is 0. The van der Waals surface area contributed by atoms with Gasteiger partial charge in [0.05, 0.1) is 0 Å². The highest BCUT2D eigenvalue weighted by Gasteiger charge is 2.25. The monoisotopic (exact) mass is 227 g/mol. The van der Waals surface area contributed by atoms with E-state index in [1.54, 1.807) is 0 Å². The van der Waals surface area contributed by atoms with Crippen LogP contribution in [0.3, 0.4) is 0 Å². The zero-order valence-electron chi connectivity index (χ0n) is 10.1. The lowest BCUT2D eigenvalue weighted by Gasteiger charge is -2.29. The van der Waals surface area contributed by atoms with Gasteiger partial charge in [0, 0.05) is 5.56 Å². The Morgan fingerprint density at radius 3 is 2.06 bits per heavy atom. The van der Waals surface area contributed by atoms with Crippen molar-refractivity contribution >= 4 is 0 Å². The van der Waals surface area contributed by atoms with Crippen molar-refractivity contribution in [2.24, 2.45) is 17.1 Å². The fourth-order valence-electron chi connectivity index (χ4n) is 1.72. The zero-order chi connectivity index (χ0) is 12.3. The maximum atomic E-state index is 13.5. The van der Waals surface area contributed by atoms with E-state index in [2.05, 4.69) is 0 Å². The SMILES string of the molecule is CC(C)(C)C(CN)Cc1c(F)cccc1F. The molecule has 3 heteroatoms. The molecule has 2 N–H and O–H groups in total. The summed E-state index contributed by atoms with van der Waals surface area (Å²) in [5.41, 5.74) is 5.76. The zero-order valence-corrected chi connectivity index (χ0v) is 10.1. The Morgan fingerprint density at radius 1 is 1.19 bits per heavy atom. The number of hydrogen-bond donors (Lipinski definition) is 1. The smallest absolute Gasteiger partial charge is 0.129 e. The second-order valence-corrected chi connectivity index (χ2v) is 5.20. The molecule has 1 aromatic rings. The highest BCUT2D eigenvalue weighted by molar-refractivity contribution is 5.20. The summed E-state index contributed by atoms with van der Waals surface area (Å²) < 4.78 is 26.9. The predicted octanol–water partition coefficient (Wildman–Crippen LogP) is 3.13. The van der Waals surface area contributed by atoms with E-state index in [4.69, 9.17) is 5.73 Å². The molecule has 0 aliphatic rings. The van der Waals surface area contributed by atoms with Crippen molar-refractivity contribution in [1.29, 1.82) is 0 Å². The van der Waals surface area contributed by atoms with Crippen LogP contribution in [0.15, 0.2) is 18.2 Å². The number of benzene rings is 1. The molecule has 0 amide bonds. The van der Waals surface area contributed by atoms with Crippen molar-refractivity contribution in [3.63, 3.8) is 0 Å². The van der Waals surface area contributed by atoms with Crippen LogP contribution in [0.4, 0.5) is 8.78 Å². The van der Waals surface area contributed by atoms with Gasteiger partial charge >= 0.3 is 0 Å². The summed E-state index contributed by atoms with van der Waals surface area (Å²) in [5.74, 6) is -0.899. The van der Waals surface area contributed by atoms with Gasteiger partial charge in [0.1, 0.15) is 11.6 Å². The molecule has 1 aromatic carbocycles. The number of nitrogens with two attached hydrogens (primary N) is 1. The minimum absolute atomic E-state index is 0.0521. The first-order valence-electron chi connectivity index (χ1n) is 5.49. The Kier molecular flexibility index (Phi) is 4.03. The Balaban J connectivity index is 2.95. The molecule has 0 spiro atoms. The van der Waals surface area contributed by atoms with Crippen LogP contribution in [0.25, 0.3) is 0 Å². The van der Waals surface area contributed by atoms with Crippen molar-refractivity contribution < 1.29 is 8.78 Å². The van der Waals surface area contributed by atoms with Crippen molar-refractivity contribution in [3.8, 4) is 0 Å². The Morgan fingerprint density at radius 2 is 1.69 bits per heavy atom. The van der Waals surface area contributed by atoms with Gasteiger partial charge in [-0.05, 0) is 36.4 Å². The van der Waals surface area contributed by atoms with Crippen molar-refractivity contribution in [2.75, 3.05) is 6.54 Å². The number of rotatable bonds is 3. The lowest BCUT2D eigenvalue weighted by molar-refractivity contribution is 0.242. The molecule has 90 valence electrons. The standard InChI is InChI=1S/C13H19F2N/c1-13(2,3)9(8-16)7-10-11(14)5-4-6-12(10)15/h4-6,9H,7-8,16H2,1-3H3. The van der Waals surface area contributed by atoms with Crippen molar-refractivity contribution in [2.45, 2.75) is 27.2 Å². The van der Waals surface area contributed by atoms with Gasteiger partial charge in [0.15, 0.2) is 0 Å². The van der Waals surface area contributed by atoms with Gasteiger partial charge in [0.2, 0.25) is 0 Å². The molecular weight excluding hydrogens is 208 g/mol. The lowest BCUT2D eigenvalue weighted by Crippen LogP contribution is -2.30. The third kappa shape index (κ3) is 3.01. The number of hydrogen-bond acceptors (Lipinski definition) is 1. The first-order chi connectivity index (χ1) is 7.36. The van der Waals surface area contributed by atoms with E-state index < -0.39 is 11.6 Å². The van der Waals surface area contributed by atoms with E-state index in [-0.39, 0.29) is 16.9 Å². The summed E-state index contributed by atoms with van der Waals surface area (Å²) in [6, 6.07) is 3.95. The lowest BCUT2D eigenvalue weighted by atomic mass is 9.77. The van der Waals surface area contributed by atoms with Crippen molar-refractivity contribution in [3.05, 3.63) is 35.4 Å². The topological polar surface area (TPSA) is 26.0 Å². The van der Waals surface area contributed by atoms with Gasteiger partial charge in [-0.1, -0.05) is 26.8 Å². The Labute approximate surface area is 95.7 Å². The molecule has 16 heavy (non-hydrogen) atoms. The van der Waals surface area contributed by atoms with Crippen LogP contribution in [0.5, 0.6) is 0 Å². The highest BCUT2D eigenvalue weighted by Crippen LogP contribution is 2.29. The average Bonchev–Trinajstić information content (AvgIpc) is 2.15. The molecule has 0 bridgehead atoms. The van der Waals surface area contributed by atoms with E-state index in [0.717, 1.165) is 0 Å². The van der Waals surface area contributed by atoms with E-state index in [1.165, 1.54) is 18.2 Å². The molecule has 0 radical (unpaired) electrons. The van der Waals surface area contributed by atoms with Crippen LogP contribution in [-0.4, -0.2) is 6.54 Å².